The average Bonchev–Trinajstić information content (AvgIpc) is 1.63. The molecule has 0 spiro atoms. The number of amidine groups is 1. The van der Waals surface area contributed by atoms with Crippen molar-refractivity contribution >= 4 is 12.2 Å². The van der Waals surface area contributed by atoms with E-state index >= 15 is 0 Å². The summed E-state index contributed by atoms with van der Waals surface area (Å²) in [6, 6.07) is 0. The van der Waals surface area contributed by atoms with Crippen molar-refractivity contribution < 1.29 is 4.79 Å². The second-order valence-electron chi connectivity index (χ2n) is 1.55. The Morgan fingerprint density at radius 3 is 2.44 bits per heavy atom. The van der Waals surface area contributed by atoms with Crippen LogP contribution in [0, 0.1) is 0 Å². The standard InChI is InChI=1S/C5H9N3O/c1-4(6)2-5(7)8-3-9/h2-3H,6H2,1H3,(H2,7,8,9)/b4-2-. The normalized spacial score (nSPS) is 13.4. The van der Waals surface area contributed by atoms with Gasteiger partial charge < -0.3 is 11.5 Å². The van der Waals surface area contributed by atoms with E-state index in [4.69, 9.17) is 11.5 Å². The lowest BCUT2D eigenvalue weighted by atomic mass is 10.4. The number of hydrogen-bond acceptors (Lipinski definition) is 2. The molecule has 4 nitrogen and oxygen atoms in total. The lowest BCUT2D eigenvalue weighted by molar-refractivity contribution is -0.106. The lowest BCUT2D eigenvalue weighted by Gasteiger charge is -1.88. The largest absolute Gasteiger partial charge is 0.402 e. The zero-order valence-electron chi connectivity index (χ0n) is 5.16. The van der Waals surface area contributed by atoms with E-state index in [1.165, 1.54) is 6.08 Å². The van der Waals surface area contributed by atoms with Crippen LogP contribution in [0.3, 0.4) is 0 Å². The predicted octanol–water partition coefficient (Wildman–Crippen LogP) is -0.637. The summed E-state index contributed by atoms with van der Waals surface area (Å²) in [5, 5.41) is 0. The number of carbonyl (C=O) groups is 1. The van der Waals surface area contributed by atoms with E-state index in [2.05, 4.69) is 4.99 Å². The Balaban J connectivity index is 4.05. The molecule has 0 aliphatic heterocycles. The van der Waals surface area contributed by atoms with Crippen molar-refractivity contribution in [3.63, 3.8) is 0 Å². The van der Waals surface area contributed by atoms with E-state index in [1.54, 1.807) is 6.92 Å². The summed E-state index contributed by atoms with van der Waals surface area (Å²) in [5.74, 6) is 0.130. The molecule has 4 heteroatoms. The predicted molar refractivity (Wildman–Crippen MR) is 35.6 cm³/mol. The molecule has 0 bridgehead atoms. The van der Waals surface area contributed by atoms with Gasteiger partial charge in [-0.15, -0.1) is 0 Å². The first kappa shape index (κ1) is 7.68. The highest BCUT2D eigenvalue weighted by molar-refractivity contribution is 5.95. The molecule has 0 saturated carbocycles. The third kappa shape index (κ3) is 4.53. The van der Waals surface area contributed by atoms with E-state index in [1.807, 2.05) is 0 Å². The van der Waals surface area contributed by atoms with Crippen molar-refractivity contribution in [2.45, 2.75) is 6.92 Å². The maximum Gasteiger partial charge on any atom is 0.234 e. The van der Waals surface area contributed by atoms with Gasteiger partial charge in [-0.2, -0.15) is 4.99 Å². The Bertz CT molecular complexity index is 156. The van der Waals surface area contributed by atoms with E-state index in [0.717, 1.165) is 0 Å². The summed E-state index contributed by atoms with van der Waals surface area (Å²) in [6.45, 7) is 1.66. The molecule has 0 aromatic carbocycles. The molecule has 0 saturated heterocycles. The van der Waals surface area contributed by atoms with Crippen LogP contribution in [-0.2, 0) is 4.79 Å². The molecule has 0 rings (SSSR count). The molecule has 0 unspecified atom stereocenters. The Hall–Kier alpha value is -1.32. The smallest absolute Gasteiger partial charge is 0.234 e. The van der Waals surface area contributed by atoms with E-state index in [9.17, 15) is 4.79 Å². The fourth-order valence-electron chi connectivity index (χ4n) is 0.331. The molecule has 0 aliphatic rings. The van der Waals surface area contributed by atoms with Crippen molar-refractivity contribution in [1.29, 1.82) is 0 Å². The summed E-state index contributed by atoms with van der Waals surface area (Å²) in [7, 11) is 0. The molecular weight excluding hydrogens is 118 g/mol. The number of hydrogen-bond donors (Lipinski definition) is 2. The number of aliphatic imine (C=N–C) groups is 1. The van der Waals surface area contributed by atoms with E-state index < -0.39 is 0 Å². The molecule has 50 valence electrons. The van der Waals surface area contributed by atoms with E-state index in [0.29, 0.717) is 12.1 Å². The zero-order valence-corrected chi connectivity index (χ0v) is 5.16. The molecule has 0 aromatic rings. The maximum atomic E-state index is 9.66. The van der Waals surface area contributed by atoms with Gasteiger partial charge in [-0.25, -0.2) is 0 Å². The lowest BCUT2D eigenvalue weighted by Crippen LogP contribution is -2.10. The van der Waals surface area contributed by atoms with Crippen LogP contribution in [-0.4, -0.2) is 12.2 Å². The monoisotopic (exact) mass is 127 g/mol. The highest BCUT2D eigenvalue weighted by Gasteiger charge is 1.82. The minimum absolute atomic E-state index is 0.130. The maximum absolute atomic E-state index is 9.66. The molecule has 0 aliphatic carbocycles. The quantitative estimate of drug-likeness (QED) is 0.294. The highest BCUT2D eigenvalue weighted by atomic mass is 16.1. The Morgan fingerprint density at radius 1 is 1.56 bits per heavy atom. The van der Waals surface area contributed by atoms with E-state index in [-0.39, 0.29) is 5.84 Å². The van der Waals surface area contributed by atoms with Gasteiger partial charge in [-0.05, 0) is 13.0 Å². The number of amides is 1. The van der Waals surface area contributed by atoms with Crippen molar-refractivity contribution in [2.75, 3.05) is 0 Å². The van der Waals surface area contributed by atoms with Gasteiger partial charge in [0.05, 0.1) is 0 Å². The average molecular weight is 127 g/mol. The second-order valence-corrected chi connectivity index (χ2v) is 1.55. The van der Waals surface area contributed by atoms with Crippen molar-refractivity contribution in [3.8, 4) is 0 Å². The molecular formula is C5H9N3O. The second kappa shape index (κ2) is 3.65. The summed E-state index contributed by atoms with van der Waals surface area (Å²) < 4.78 is 0. The van der Waals surface area contributed by atoms with Crippen LogP contribution >= 0.6 is 0 Å². The molecule has 4 N–H and O–H groups in total. The van der Waals surface area contributed by atoms with Crippen LogP contribution in [0.4, 0.5) is 0 Å². The summed E-state index contributed by atoms with van der Waals surface area (Å²) in [6.07, 6.45) is 1.78. The van der Waals surface area contributed by atoms with Crippen molar-refractivity contribution in [1.82, 2.24) is 0 Å². The SMILES string of the molecule is C/C(N)=C/C(N)=NC=O. The summed E-state index contributed by atoms with van der Waals surface area (Å²) in [5.41, 5.74) is 10.9. The van der Waals surface area contributed by atoms with Crippen LogP contribution in [0.1, 0.15) is 6.92 Å². The Kier molecular flexibility index (Phi) is 3.12. The van der Waals surface area contributed by atoms with Crippen LogP contribution in [0.25, 0.3) is 0 Å². The summed E-state index contributed by atoms with van der Waals surface area (Å²) in [4.78, 5) is 12.9. The molecule has 1 amide bonds. The van der Waals surface area contributed by atoms with Crippen molar-refractivity contribution in [2.24, 2.45) is 16.5 Å². The van der Waals surface area contributed by atoms with Crippen LogP contribution in [0.2, 0.25) is 0 Å². The minimum atomic E-state index is 0.130. The molecule has 0 heterocycles. The topological polar surface area (TPSA) is 81.5 Å². The first-order valence-electron chi connectivity index (χ1n) is 2.37. The van der Waals surface area contributed by atoms with Gasteiger partial charge in [-0.1, -0.05) is 0 Å². The van der Waals surface area contributed by atoms with Crippen LogP contribution in [0.15, 0.2) is 16.8 Å². The van der Waals surface area contributed by atoms with Gasteiger partial charge in [0.1, 0.15) is 5.84 Å². The number of allylic oxidation sites excluding steroid dienone is 1. The van der Waals surface area contributed by atoms with Gasteiger partial charge in [0.25, 0.3) is 0 Å². The number of nitrogens with zero attached hydrogens (tertiary/aromatic N) is 1. The Labute approximate surface area is 53.2 Å². The van der Waals surface area contributed by atoms with Crippen LogP contribution in [0.5, 0.6) is 0 Å². The van der Waals surface area contributed by atoms with Crippen molar-refractivity contribution in [3.05, 3.63) is 11.8 Å². The Morgan fingerprint density at radius 2 is 2.11 bits per heavy atom. The van der Waals surface area contributed by atoms with Crippen LogP contribution < -0.4 is 11.5 Å². The zero-order chi connectivity index (χ0) is 7.28. The fraction of sp³-hybridized carbons (Fsp3) is 0.200. The molecule has 0 radical (unpaired) electrons. The highest BCUT2D eigenvalue weighted by Crippen LogP contribution is 1.77. The molecule has 9 heavy (non-hydrogen) atoms. The molecule has 0 atom stereocenters. The first-order valence-corrected chi connectivity index (χ1v) is 2.37. The summed E-state index contributed by atoms with van der Waals surface area (Å²) >= 11 is 0. The van der Waals surface area contributed by atoms with Gasteiger partial charge >= 0.3 is 0 Å². The molecule has 0 aromatic heterocycles. The third-order valence-corrected chi connectivity index (χ3v) is 0.577. The third-order valence-electron chi connectivity index (χ3n) is 0.577. The van der Waals surface area contributed by atoms with Gasteiger partial charge in [0.2, 0.25) is 6.41 Å². The minimum Gasteiger partial charge on any atom is -0.402 e. The van der Waals surface area contributed by atoms with Gasteiger partial charge in [0.15, 0.2) is 0 Å². The fourth-order valence-corrected chi connectivity index (χ4v) is 0.331. The molecule has 0 fully saturated rings. The number of rotatable bonds is 2. The first-order chi connectivity index (χ1) is 4.16. The van der Waals surface area contributed by atoms with Gasteiger partial charge in [-0.3, -0.25) is 4.79 Å². The number of carbonyl (C=O) groups excluding carboxylic acids is 1. The number of nitrogens with two attached hydrogens (primary N) is 2. The van der Waals surface area contributed by atoms with Gasteiger partial charge in [0, 0.05) is 5.70 Å².